The van der Waals surface area contributed by atoms with Gasteiger partial charge in [0.1, 0.15) is 6.61 Å². The number of likely N-dealkylation sites (N-methyl/N-ethyl adjacent to an activating group) is 1. The van der Waals surface area contributed by atoms with Gasteiger partial charge in [-0.15, -0.1) is 0 Å². The number of hydrogen-bond donors (Lipinski definition) is 1. The molecule has 0 spiro atoms. The average Bonchev–Trinajstić information content (AvgIpc) is 3.06. The van der Waals surface area contributed by atoms with Gasteiger partial charge in [-0.3, -0.25) is 0 Å². The summed E-state index contributed by atoms with van der Waals surface area (Å²) >= 11 is 0. The number of quaternary nitrogens is 1. The third kappa shape index (κ3) is 3.80. The summed E-state index contributed by atoms with van der Waals surface area (Å²) < 4.78 is 11.7. The Hall–Kier alpha value is -1.66. The van der Waals surface area contributed by atoms with Crippen molar-refractivity contribution < 1.29 is 28.7 Å². The quantitative estimate of drug-likeness (QED) is 0.463. The van der Waals surface area contributed by atoms with Crippen LogP contribution in [-0.2, 0) is 19.1 Å². The van der Waals surface area contributed by atoms with Gasteiger partial charge in [-0.25, -0.2) is 9.59 Å². The van der Waals surface area contributed by atoms with Gasteiger partial charge in [0.25, 0.3) is 0 Å². The molecule has 2 heterocycles. The van der Waals surface area contributed by atoms with Crippen LogP contribution in [0.3, 0.4) is 0 Å². The van der Waals surface area contributed by atoms with E-state index in [1.165, 1.54) is 0 Å². The third-order valence-corrected chi connectivity index (χ3v) is 5.78. The minimum atomic E-state index is -1.18. The van der Waals surface area contributed by atoms with Crippen LogP contribution < -0.4 is 0 Å². The highest BCUT2D eigenvalue weighted by molar-refractivity contribution is 5.88. The highest BCUT2D eigenvalue weighted by Gasteiger charge is 2.63. The summed E-state index contributed by atoms with van der Waals surface area (Å²) in [5.41, 5.74) is -0.112. The van der Waals surface area contributed by atoms with Crippen molar-refractivity contribution in [3.63, 3.8) is 0 Å². The second-order valence-corrected chi connectivity index (χ2v) is 7.48. The van der Waals surface area contributed by atoms with Crippen LogP contribution in [0.1, 0.15) is 40.5 Å². The Morgan fingerprint density at radius 1 is 1.16 bits per heavy atom. The van der Waals surface area contributed by atoms with E-state index in [4.69, 9.17) is 9.47 Å². The highest BCUT2D eigenvalue weighted by atomic mass is 16.6. The monoisotopic (exact) mass is 352 g/mol. The van der Waals surface area contributed by atoms with E-state index in [9.17, 15) is 14.7 Å². The first kappa shape index (κ1) is 19.7. The van der Waals surface area contributed by atoms with Gasteiger partial charge >= 0.3 is 11.9 Å². The van der Waals surface area contributed by atoms with Gasteiger partial charge < -0.3 is 19.1 Å². The number of fused-ring (bicyclic) bond motifs is 1. The average molecular weight is 352 g/mol. The van der Waals surface area contributed by atoms with Crippen LogP contribution in [0.5, 0.6) is 0 Å². The highest BCUT2D eigenvalue weighted by Crippen LogP contribution is 2.43. The lowest BCUT2D eigenvalue weighted by molar-refractivity contribution is -0.913. The molecule has 25 heavy (non-hydrogen) atoms. The number of ether oxygens (including phenoxy) is 2. The molecule has 6 heteroatoms. The summed E-state index contributed by atoms with van der Waals surface area (Å²) in [4.78, 5) is 24.1. The largest absolute Gasteiger partial charge is 0.459 e. The van der Waals surface area contributed by atoms with Gasteiger partial charge in [0.05, 0.1) is 20.1 Å². The number of rotatable bonds is 5. The van der Waals surface area contributed by atoms with Gasteiger partial charge in [0.15, 0.2) is 17.7 Å². The Labute approximate surface area is 149 Å². The van der Waals surface area contributed by atoms with Crippen molar-refractivity contribution >= 4 is 11.9 Å². The number of esters is 2. The molecule has 140 valence electrons. The molecule has 0 unspecified atom stereocenters. The van der Waals surface area contributed by atoms with Crippen LogP contribution in [0.15, 0.2) is 23.3 Å². The molecule has 2 rings (SSSR count). The molecule has 2 aliphatic rings. The molecule has 0 aromatic carbocycles. The second-order valence-electron chi connectivity index (χ2n) is 7.48. The van der Waals surface area contributed by atoms with Crippen molar-refractivity contribution in [2.24, 2.45) is 0 Å². The summed E-state index contributed by atoms with van der Waals surface area (Å²) in [6.07, 6.45) is 4.25. The normalized spacial score (nSPS) is 35.4. The third-order valence-electron chi connectivity index (χ3n) is 5.78. The zero-order chi connectivity index (χ0) is 18.8. The maximum absolute atomic E-state index is 12.2. The maximum Gasteiger partial charge on any atom is 0.333 e. The number of allylic oxidation sites excluding steroid dienone is 2. The topological polar surface area (TPSA) is 72.8 Å². The Bertz CT molecular complexity index is 611. The minimum Gasteiger partial charge on any atom is -0.459 e. The fourth-order valence-electron chi connectivity index (χ4n) is 3.95. The second kappa shape index (κ2) is 7.30. The number of carbonyl (C=O) groups is 2. The van der Waals surface area contributed by atoms with Gasteiger partial charge in [-0.2, -0.15) is 0 Å². The Morgan fingerprint density at radius 3 is 2.36 bits per heavy atom. The maximum atomic E-state index is 12.2. The standard InChI is InChI=1S/C19H30NO5/c1-6-13(3)17(21)24-12-19(23)9-11-20(5)10-8-15(16(19)20)25-18(22)14(4)7-2/h6-7,15-16,23H,8-12H2,1-5H3/q+1/b13-6-,14-7+/t15-,16+,19+,20-/m1/s1. The predicted molar refractivity (Wildman–Crippen MR) is 93.6 cm³/mol. The molecular formula is C19H30NO5+. The summed E-state index contributed by atoms with van der Waals surface area (Å²) in [7, 11) is 2.07. The molecule has 0 aliphatic carbocycles. The molecule has 0 bridgehead atoms. The van der Waals surface area contributed by atoms with Gasteiger partial charge in [0, 0.05) is 24.0 Å². The van der Waals surface area contributed by atoms with Crippen molar-refractivity contribution in [1.82, 2.24) is 0 Å². The van der Waals surface area contributed by atoms with Crippen molar-refractivity contribution in [2.45, 2.75) is 58.3 Å². The van der Waals surface area contributed by atoms with E-state index < -0.39 is 11.6 Å². The zero-order valence-corrected chi connectivity index (χ0v) is 15.9. The number of carbonyl (C=O) groups excluding carboxylic acids is 2. The number of nitrogens with zero attached hydrogens (tertiary/aromatic N) is 1. The van der Waals surface area contributed by atoms with Crippen LogP contribution in [0, 0.1) is 0 Å². The van der Waals surface area contributed by atoms with E-state index in [0.29, 0.717) is 28.5 Å². The van der Waals surface area contributed by atoms with Crippen LogP contribution in [0.25, 0.3) is 0 Å². The van der Waals surface area contributed by atoms with E-state index in [1.807, 2.05) is 0 Å². The molecule has 0 saturated carbocycles. The Morgan fingerprint density at radius 2 is 1.76 bits per heavy atom. The Kier molecular flexibility index (Phi) is 5.74. The molecule has 0 radical (unpaired) electrons. The van der Waals surface area contributed by atoms with Gasteiger partial charge in [-0.1, -0.05) is 12.2 Å². The number of hydrogen-bond acceptors (Lipinski definition) is 5. The lowest BCUT2D eigenvalue weighted by Gasteiger charge is -2.36. The fourth-order valence-corrected chi connectivity index (χ4v) is 3.95. The van der Waals surface area contributed by atoms with E-state index in [2.05, 4.69) is 7.05 Å². The Balaban J connectivity index is 2.14. The molecule has 0 aromatic rings. The van der Waals surface area contributed by atoms with Crippen molar-refractivity contribution in [3.8, 4) is 0 Å². The molecule has 2 aliphatic heterocycles. The molecule has 2 fully saturated rings. The molecule has 2 saturated heterocycles. The summed E-state index contributed by atoms with van der Waals surface area (Å²) in [5, 5.41) is 11.2. The molecule has 0 aromatic heterocycles. The van der Waals surface area contributed by atoms with Crippen molar-refractivity contribution in [3.05, 3.63) is 23.3 Å². The van der Waals surface area contributed by atoms with E-state index in [0.717, 1.165) is 13.1 Å². The van der Waals surface area contributed by atoms with Crippen LogP contribution >= 0.6 is 0 Å². The molecule has 1 N–H and O–H groups in total. The first-order valence-electron chi connectivity index (χ1n) is 8.87. The first-order valence-corrected chi connectivity index (χ1v) is 8.87. The summed E-state index contributed by atoms with van der Waals surface area (Å²) in [6, 6.07) is -0.278. The lowest BCUT2D eigenvalue weighted by Crippen LogP contribution is -2.57. The van der Waals surface area contributed by atoms with Crippen molar-refractivity contribution in [2.75, 3.05) is 26.7 Å². The molecular weight excluding hydrogens is 322 g/mol. The van der Waals surface area contributed by atoms with Crippen molar-refractivity contribution in [1.29, 1.82) is 0 Å². The smallest absolute Gasteiger partial charge is 0.333 e. The fraction of sp³-hybridized carbons (Fsp3) is 0.684. The number of aliphatic hydroxyl groups is 1. The van der Waals surface area contributed by atoms with Gasteiger partial charge in [0.2, 0.25) is 0 Å². The first-order chi connectivity index (χ1) is 11.7. The SMILES string of the molecule is C/C=C(/C)C(=O)OC[C@@]1(O)CC[N@@+]2(C)CC[C@@H](OC(=O)/C(C)=C/C)[C@@H]12. The summed E-state index contributed by atoms with van der Waals surface area (Å²) in [5.74, 6) is -0.773. The summed E-state index contributed by atoms with van der Waals surface area (Å²) in [6.45, 7) is 8.49. The van der Waals surface area contributed by atoms with Crippen LogP contribution in [-0.4, -0.2) is 66.0 Å². The zero-order valence-electron chi connectivity index (χ0n) is 15.9. The molecule has 6 nitrogen and oxygen atoms in total. The molecule has 0 amide bonds. The van der Waals surface area contributed by atoms with Crippen LogP contribution in [0.4, 0.5) is 0 Å². The van der Waals surface area contributed by atoms with Crippen LogP contribution in [0.2, 0.25) is 0 Å². The predicted octanol–water partition coefficient (Wildman–Crippen LogP) is 1.73. The lowest BCUT2D eigenvalue weighted by atomic mass is 9.91. The minimum absolute atomic E-state index is 0.0772. The van der Waals surface area contributed by atoms with E-state index in [-0.39, 0.29) is 24.7 Å². The van der Waals surface area contributed by atoms with Gasteiger partial charge in [-0.05, 0) is 27.7 Å². The van der Waals surface area contributed by atoms with E-state index >= 15 is 0 Å². The molecule has 4 atom stereocenters. The van der Waals surface area contributed by atoms with E-state index in [1.54, 1.807) is 39.8 Å².